The van der Waals surface area contributed by atoms with Crippen LogP contribution < -0.4 is 16.0 Å². The first kappa shape index (κ1) is 15.6. The van der Waals surface area contributed by atoms with Crippen molar-refractivity contribution in [1.82, 2.24) is 10.6 Å². The standard InChI is InChI=1S/C13H17N3O4/c1-14-7-6-11(17)16-10-4-2-9(3-5-10)13(20)15-8-12(18)19/h2-5,14H,6-8H2,1H3,(H,15,20)(H,16,17)(H,18,19). The molecule has 0 bridgehead atoms. The van der Waals surface area contributed by atoms with Crippen molar-refractivity contribution >= 4 is 23.5 Å². The number of carbonyl (C=O) groups is 3. The zero-order valence-electron chi connectivity index (χ0n) is 11.1. The molecule has 1 rings (SSSR count). The monoisotopic (exact) mass is 279 g/mol. The average Bonchev–Trinajstić information content (AvgIpc) is 2.43. The molecule has 0 aliphatic carbocycles. The normalized spacial score (nSPS) is 9.85. The van der Waals surface area contributed by atoms with Crippen LogP contribution in [0.2, 0.25) is 0 Å². The Morgan fingerprint density at radius 1 is 1.15 bits per heavy atom. The molecule has 0 atom stereocenters. The van der Waals surface area contributed by atoms with E-state index >= 15 is 0 Å². The fourth-order valence-electron chi connectivity index (χ4n) is 1.42. The maximum Gasteiger partial charge on any atom is 0.322 e. The Balaban J connectivity index is 2.53. The fourth-order valence-corrected chi connectivity index (χ4v) is 1.42. The Hall–Kier alpha value is -2.41. The number of carboxylic acids is 1. The molecule has 0 saturated heterocycles. The number of anilines is 1. The van der Waals surface area contributed by atoms with Gasteiger partial charge in [0.25, 0.3) is 5.91 Å². The number of hydrogen-bond acceptors (Lipinski definition) is 4. The second-order valence-corrected chi connectivity index (χ2v) is 4.06. The van der Waals surface area contributed by atoms with Crippen molar-refractivity contribution < 1.29 is 19.5 Å². The lowest BCUT2D eigenvalue weighted by Gasteiger charge is -2.06. The number of aliphatic carboxylic acids is 1. The zero-order valence-corrected chi connectivity index (χ0v) is 11.1. The van der Waals surface area contributed by atoms with E-state index in [0.29, 0.717) is 24.2 Å². The predicted molar refractivity (Wildman–Crippen MR) is 73.6 cm³/mol. The Morgan fingerprint density at radius 2 is 1.80 bits per heavy atom. The van der Waals surface area contributed by atoms with Crippen LogP contribution in [0.5, 0.6) is 0 Å². The molecular weight excluding hydrogens is 262 g/mol. The van der Waals surface area contributed by atoms with E-state index in [2.05, 4.69) is 16.0 Å². The summed E-state index contributed by atoms with van der Waals surface area (Å²) in [5.41, 5.74) is 0.917. The highest BCUT2D eigenvalue weighted by atomic mass is 16.4. The minimum Gasteiger partial charge on any atom is -0.480 e. The van der Waals surface area contributed by atoms with Crippen LogP contribution in [0.25, 0.3) is 0 Å². The molecule has 0 aliphatic heterocycles. The van der Waals surface area contributed by atoms with E-state index in [9.17, 15) is 14.4 Å². The molecule has 2 amide bonds. The van der Waals surface area contributed by atoms with E-state index < -0.39 is 18.4 Å². The SMILES string of the molecule is CNCCC(=O)Nc1ccc(C(=O)NCC(=O)O)cc1. The van der Waals surface area contributed by atoms with Gasteiger partial charge in [0.1, 0.15) is 6.54 Å². The lowest BCUT2D eigenvalue weighted by Crippen LogP contribution is -2.29. The molecule has 7 nitrogen and oxygen atoms in total. The summed E-state index contributed by atoms with van der Waals surface area (Å²) in [5.74, 6) is -1.70. The third-order valence-corrected chi connectivity index (χ3v) is 2.43. The van der Waals surface area contributed by atoms with Crippen LogP contribution in [0.15, 0.2) is 24.3 Å². The topological polar surface area (TPSA) is 108 Å². The minimum absolute atomic E-state index is 0.123. The van der Waals surface area contributed by atoms with Crippen LogP contribution in [0.4, 0.5) is 5.69 Å². The average molecular weight is 279 g/mol. The van der Waals surface area contributed by atoms with E-state index in [-0.39, 0.29) is 5.91 Å². The first-order valence-corrected chi connectivity index (χ1v) is 6.07. The van der Waals surface area contributed by atoms with E-state index in [1.165, 1.54) is 12.1 Å². The highest BCUT2D eigenvalue weighted by Gasteiger charge is 2.07. The van der Waals surface area contributed by atoms with Crippen molar-refractivity contribution in [1.29, 1.82) is 0 Å². The van der Waals surface area contributed by atoms with Crippen LogP contribution in [0, 0.1) is 0 Å². The van der Waals surface area contributed by atoms with Gasteiger partial charge in [-0.25, -0.2) is 0 Å². The lowest BCUT2D eigenvalue weighted by atomic mass is 10.2. The number of carboxylic acid groups (broad SMARTS) is 1. The largest absolute Gasteiger partial charge is 0.480 e. The first-order chi connectivity index (χ1) is 9.52. The summed E-state index contributed by atoms with van der Waals surface area (Å²) in [6.45, 7) is 0.156. The summed E-state index contributed by atoms with van der Waals surface area (Å²) in [6, 6.07) is 6.22. The van der Waals surface area contributed by atoms with Gasteiger partial charge < -0.3 is 21.1 Å². The Labute approximate surface area is 116 Å². The molecule has 0 unspecified atom stereocenters. The Morgan fingerprint density at radius 3 is 2.35 bits per heavy atom. The third-order valence-electron chi connectivity index (χ3n) is 2.43. The van der Waals surface area contributed by atoms with Crippen LogP contribution in [-0.2, 0) is 9.59 Å². The number of benzene rings is 1. The fraction of sp³-hybridized carbons (Fsp3) is 0.308. The van der Waals surface area contributed by atoms with Crippen molar-refractivity contribution in [3.63, 3.8) is 0 Å². The van der Waals surface area contributed by atoms with Crippen molar-refractivity contribution in [2.45, 2.75) is 6.42 Å². The number of amides is 2. The van der Waals surface area contributed by atoms with Crippen LogP contribution in [-0.4, -0.2) is 43.0 Å². The van der Waals surface area contributed by atoms with Gasteiger partial charge in [-0.15, -0.1) is 0 Å². The maximum absolute atomic E-state index is 11.6. The van der Waals surface area contributed by atoms with Gasteiger partial charge in [0.15, 0.2) is 0 Å². The number of rotatable bonds is 7. The summed E-state index contributed by atoms with van der Waals surface area (Å²) in [6.07, 6.45) is 0.358. The molecule has 108 valence electrons. The van der Waals surface area contributed by atoms with Crippen molar-refractivity contribution in [3.05, 3.63) is 29.8 Å². The van der Waals surface area contributed by atoms with Gasteiger partial charge in [0.05, 0.1) is 0 Å². The van der Waals surface area contributed by atoms with Gasteiger partial charge in [-0.05, 0) is 31.3 Å². The zero-order chi connectivity index (χ0) is 15.0. The molecule has 0 saturated carbocycles. The van der Waals surface area contributed by atoms with Gasteiger partial charge in [-0.2, -0.15) is 0 Å². The second-order valence-electron chi connectivity index (χ2n) is 4.06. The van der Waals surface area contributed by atoms with Crippen LogP contribution in [0.3, 0.4) is 0 Å². The van der Waals surface area contributed by atoms with Crippen molar-refractivity contribution in [2.24, 2.45) is 0 Å². The molecule has 4 N–H and O–H groups in total. The Kier molecular flexibility index (Phi) is 6.18. The van der Waals surface area contributed by atoms with Crippen molar-refractivity contribution in [3.8, 4) is 0 Å². The van der Waals surface area contributed by atoms with E-state index in [0.717, 1.165) is 0 Å². The molecule has 0 aliphatic rings. The minimum atomic E-state index is -1.10. The lowest BCUT2D eigenvalue weighted by molar-refractivity contribution is -0.135. The molecule has 1 aromatic carbocycles. The highest BCUT2D eigenvalue weighted by molar-refractivity contribution is 5.97. The summed E-state index contributed by atoms with van der Waals surface area (Å²) >= 11 is 0. The summed E-state index contributed by atoms with van der Waals surface area (Å²) < 4.78 is 0. The molecule has 7 heteroatoms. The van der Waals surface area contributed by atoms with Gasteiger partial charge >= 0.3 is 5.97 Å². The summed E-state index contributed by atoms with van der Waals surface area (Å²) in [5, 5.41) is 16.3. The molecule has 0 spiro atoms. The number of nitrogens with one attached hydrogen (secondary N) is 3. The summed E-state index contributed by atoms with van der Waals surface area (Å²) in [7, 11) is 1.76. The van der Waals surface area contributed by atoms with E-state index in [1.54, 1.807) is 19.2 Å². The first-order valence-electron chi connectivity index (χ1n) is 6.07. The molecule has 0 radical (unpaired) electrons. The predicted octanol–water partition coefficient (Wildman–Crippen LogP) is 0.0490. The molecule has 0 fully saturated rings. The molecule has 20 heavy (non-hydrogen) atoms. The quantitative estimate of drug-likeness (QED) is 0.564. The van der Waals surface area contributed by atoms with Crippen molar-refractivity contribution in [2.75, 3.05) is 25.5 Å². The van der Waals surface area contributed by atoms with E-state index in [4.69, 9.17) is 5.11 Å². The Bertz CT molecular complexity index is 485. The third kappa shape index (κ3) is 5.49. The van der Waals surface area contributed by atoms with Gasteiger partial charge in [0, 0.05) is 24.2 Å². The smallest absolute Gasteiger partial charge is 0.322 e. The number of carbonyl (C=O) groups excluding carboxylic acids is 2. The van der Waals surface area contributed by atoms with Crippen LogP contribution >= 0.6 is 0 Å². The second kappa shape index (κ2) is 7.90. The van der Waals surface area contributed by atoms with Gasteiger partial charge in [-0.1, -0.05) is 0 Å². The van der Waals surface area contributed by atoms with E-state index in [1.807, 2.05) is 0 Å². The van der Waals surface area contributed by atoms with Gasteiger partial charge in [-0.3, -0.25) is 14.4 Å². The van der Waals surface area contributed by atoms with Crippen LogP contribution in [0.1, 0.15) is 16.8 Å². The van der Waals surface area contributed by atoms with Gasteiger partial charge in [0.2, 0.25) is 5.91 Å². The molecular formula is C13H17N3O4. The maximum atomic E-state index is 11.6. The number of hydrogen-bond donors (Lipinski definition) is 4. The molecule has 1 aromatic rings. The molecule has 0 heterocycles. The summed E-state index contributed by atoms with van der Waals surface area (Å²) in [4.78, 5) is 33.4. The molecule has 0 aromatic heterocycles. The highest BCUT2D eigenvalue weighted by Crippen LogP contribution is 2.09.